The van der Waals surface area contributed by atoms with Gasteiger partial charge in [0.2, 0.25) is 10.0 Å². The summed E-state index contributed by atoms with van der Waals surface area (Å²) in [5, 5.41) is 10.2. The number of carboxylic acids is 1. The van der Waals surface area contributed by atoms with Crippen molar-refractivity contribution in [1.82, 2.24) is 9.29 Å². The van der Waals surface area contributed by atoms with Crippen molar-refractivity contribution >= 4 is 26.9 Å². The van der Waals surface area contributed by atoms with Crippen LogP contribution in [0.2, 0.25) is 0 Å². The third-order valence-electron chi connectivity index (χ3n) is 6.15. The number of aromatic nitrogens is 1. The Hall–Kier alpha value is -1.86. The van der Waals surface area contributed by atoms with Gasteiger partial charge in [0.15, 0.2) is 0 Å². The molecule has 2 fully saturated rings. The summed E-state index contributed by atoms with van der Waals surface area (Å²) < 4.78 is 30.7. The molecule has 0 bridgehead atoms. The number of aliphatic carboxylic acids is 1. The quantitative estimate of drug-likeness (QED) is 0.820. The zero-order valence-corrected chi connectivity index (χ0v) is 16.6. The maximum Gasteiger partial charge on any atom is 0.306 e. The summed E-state index contributed by atoms with van der Waals surface area (Å²) in [6.07, 6.45) is 4.57. The van der Waals surface area contributed by atoms with Gasteiger partial charge in [-0.05, 0) is 69.1 Å². The lowest BCUT2D eigenvalue weighted by Crippen LogP contribution is -2.38. The highest BCUT2D eigenvalue weighted by Gasteiger charge is 2.31. The molecule has 27 heavy (non-hydrogen) atoms. The Bertz CT molecular complexity index is 997. The van der Waals surface area contributed by atoms with Crippen LogP contribution in [0, 0.1) is 12.8 Å². The van der Waals surface area contributed by atoms with Crippen LogP contribution in [0.1, 0.15) is 55.7 Å². The van der Waals surface area contributed by atoms with Gasteiger partial charge < -0.3 is 9.67 Å². The van der Waals surface area contributed by atoms with Crippen LogP contribution in [0.3, 0.4) is 0 Å². The second kappa shape index (κ2) is 6.63. The number of hydrogen-bond donors (Lipinski definition) is 2. The number of fused-ring (bicyclic) bond motifs is 1. The van der Waals surface area contributed by atoms with Crippen LogP contribution in [-0.2, 0) is 21.9 Å². The van der Waals surface area contributed by atoms with Crippen molar-refractivity contribution in [3.63, 3.8) is 0 Å². The Balaban J connectivity index is 1.58. The van der Waals surface area contributed by atoms with Crippen molar-refractivity contribution in [1.29, 1.82) is 0 Å². The van der Waals surface area contributed by atoms with Crippen molar-refractivity contribution in [2.75, 3.05) is 0 Å². The van der Waals surface area contributed by atoms with Gasteiger partial charge in [-0.15, -0.1) is 0 Å². The molecule has 7 heteroatoms. The molecule has 2 aromatic rings. The monoisotopic (exact) mass is 390 g/mol. The third kappa shape index (κ3) is 3.38. The molecule has 1 aromatic heterocycles. The number of carbonyl (C=O) groups is 1. The SMILES string of the molecule is Cc1c(C2CC2)n(C)c2cc(S(=O)(=O)NC3CCC(C(=O)O)CC3)ccc12. The van der Waals surface area contributed by atoms with Gasteiger partial charge in [0.25, 0.3) is 0 Å². The molecule has 0 aliphatic heterocycles. The van der Waals surface area contributed by atoms with E-state index in [1.807, 2.05) is 13.1 Å². The molecule has 0 unspecified atom stereocenters. The molecular weight excluding hydrogens is 364 g/mol. The Morgan fingerprint density at radius 2 is 1.81 bits per heavy atom. The number of benzene rings is 1. The fraction of sp³-hybridized carbons (Fsp3) is 0.550. The average molecular weight is 391 g/mol. The van der Waals surface area contributed by atoms with Crippen molar-refractivity contribution in [2.45, 2.75) is 62.3 Å². The number of sulfonamides is 1. The summed E-state index contributed by atoms with van der Waals surface area (Å²) in [7, 11) is -1.61. The lowest BCUT2D eigenvalue weighted by atomic mass is 9.87. The van der Waals surface area contributed by atoms with Gasteiger partial charge in [0.1, 0.15) is 0 Å². The van der Waals surface area contributed by atoms with E-state index < -0.39 is 16.0 Å². The van der Waals surface area contributed by atoms with Crippen LogP contribution in [0.4, 0.5) is 0 Å². The highest BCUT2D eigenvalue weighted by molar-refractivity contribution is 7.89. The van der Waals surface area contributed by atoms with Gasteiger partial charge in [-0.25, -0.2) is 13.1 Å². The first-order valence-corrected chi connectivity index (χ1v) is 11.1. The molecule has 1 aromatic carbocycles. The van der Waals surface area contributed by atoms with Gasteiger partial charge >= 0.3 is 5.97 Å². The fourth-order valence-corrected chi connectivity index (χ4v) is 5.80. The molecule has 0 saturated heterocycles. The first-order valence-electron chi connectivity index (χ1n) is 9.62. The Labute approximate surface area is 159 Å². The van der Waals surface area contributed by atoms with Crippen molar-refractivity contribution in [3.05, 3.63) is 29.5 Å². The molecule has 0 radical (unpaired) electrons. The van der Waals surface area contributed by atoms with Crippen molar-refractivity contribution in [3.8, 4) is 0 Å². The Morgan fingerprint density at radius 1 is 1.15 bits per heavy atom. The topological polar surface area (TPSA) is 88.4 Å². The summed E-state index contributed by atoms with van der Waals surface area (Å²) in [4.78, 5) is 11.3. The second-order valence-corrected chi connectivity index (χ2v) is 9.74. The van der Waals surface area contributed by atoms with Crippen molar-refractivity contribution < 1.29 is 18.3 Å². The second-order valence-electron chi connectivity index (χ2n) is 8.03. The van der Waals surface area contributed by atoms with E-state index in [0.29, 0.717) is 31.6 Å². The van der Waals surface area contributed by atoms with E-state index in [1.165, 1.54) is 24.1 Å². The van der Waals surface area contributed by atoms with Crippen LogP contribution < -0.4 is 4.72 Å². The summed E-state index contributed by atoms with van der Waals surface area (Å²) >= 11 is 0. The predicted octanol–water partition coefficient (Wildman–Crippen LogP) is 3.29. The largest absolute Gasteiger partial charge is 0.481 e. The van der Waals surface area contributed by atoms with E-state index in [1.54, 1.807) is 12.1 Å². The zero-order chi connectivity index (χ0) is 19.3. The number of hydrogen-bond acceptors (Lipinski definition) is 3. The van der Waals surface area contributed by atoms with Crippen LogP contribution in [0.15, 0.2) is 23.1 Å². The van der Waals surface area contributed by atoms with E-state index in [4.69, 9.17) is 5.11 Å². The minimum absolute atomic E-state index is 0.196. The first kappa shape index (κ1) is 18.5. The molecule has 6 nitrogen and oxygen atoms in total. The summed E-state index contributed by atoms with van der Waals surface area (Å²) in [6, 6.07) is 5.15. The summed E-state index contributed by atoms with van der Waals surface area (Å²) in [6.45, 7) is 2.11. The maximum atomic E-state index is 12.9. The van der Waals surface area contributed by atoms with E-state index in [2.05, 4.69) is 16.2 Å². The van der Waals surface area contributed by atoms with Gasteiger partial charge in [0, 0.05) is 29.7 Å². The molecule has 2 aliphatic rings. The molecule has 146 valence electrons. The van der Waals surface area contributed by atoms with Crippen molar-refractivity contribution in [2.24, 2.45) is 13.0 Å². The summed E-state index contributed by atoms with van der Waals surface area (Å²) in [5.74, 6) is -0.536. The predicted molar refractivity (Wildman–Crippen MR) is 103 cm³/mol. The number of carboxylic acid groups (broad SMARTS) is 1. The number of nitrogens with one attached hydrogen (secondary N) is 1. The number of aryl methyl sites for hydroxylation is 2. The molecule has 4 rings (SSSR count). The highest BCUT2D eigenvalue weighted by Crippen LogP contribution is 2.44. The van der Waals surface area contributed by atoms with Gasteiger partial charge in [-0.1, -0.05) is 6.07 Å². The summed E-state index contributed by atoms with van der Waals surface area (Å²) in [5.41, 5.74) is 3.52. The number of nitrogens with zero attached hydrogens (tertiary/aromatic N) is 1. The smallest absolute Gasteiger partial charge is 0.306 e. The fourth-order valence-electron chi connectivity index (χ4n) is 4.48. The Morgan fingerprint density at radius 3 is 2.41 bits per heavy atom. The van der Waals surface area contributed by atoms with Gasteiger partial charge in [0.05, 0.1) is 10.8 Å². The molecule has 0 atom stereocenters. The average Bonchev–Trinajstić information content (AvgIpc) is 3.42. The number of rotatable bonds is 5. The molecule has 2 N–H and O–H groups in total. The highest BCUT2D eigenvalue weighted by atomic mass is 32.2. The minimum atomic E-state index is -3.62. The maximum absolute atomic E-state index is 12.9. The van der Waals surface area contributed by atoms with E-state index >= 15 is 0 Å². The zero-order valence-electron chi connectivity index (χ0n) is 15.7. The van der Waals surface area contributed by atoms with E-state index in [-0.39, 0.29) is 16.9 Å². The Kier molecular flexibility index (Phi) is 4.55. The van der Waals surface area contributed by atoms with Gasteiger partial charge in [-0.2, -0.15) is 0 Å². The molecule has 1 heterocycles. The van der Waals surface area contributed by atoms with Crippen LogP contribution in [0.25, 0.3) is 10.9 Å². The standard InChI is InChI=1S/C20H26N2O4S/c1-12-17-10-9-16(11-18(17)22(2)19(12)13-3-4-13)27(25,26)21-15-7-5-14(6-8-15)20(23)24/h9-11,13-15,21H,3-8H2,1-2H3,(H,23,24). The molecule has 0 amide bonds. The van der Waals surface area contributed by atoms with E-state index in [0.717, 1.165) is 10.9 Å². The van der Waals surface area contributed by atoms with Crippen LogP contribution >= 0.6 is 0 Å². The van der Waals surface area contributed by atoms with Crippen LogP contribution in [0.5, 0.6) is 0 Å². The minimum Gasteiger partial charge on any atom is -0.481 e. The molecule has 0 spiro atoms. The lowest BCUT2D eigenvalue weighted by molar-refractivity contribution is -0.142. The normalized spacial score (nSPS) is 23.6. The van der Waals surface area contributed by atoms with Gasteiger partial charge in [-0.3, -0.25) is 4.79 Å². The molecule has 2 saturated carbocycles. The lowest BCUT2D eigenvalue weighted by Gasteiger charge is -2.26. The molecular formula is C20H26N2O4S. The van der Waals surface area contributed by atoms with E-state index in [9.17, 15) is 13.2 Å². The first-order chi connectivity index (χ1) is 12.8. The third-order valence-corrected chi connectivity index (χ3v) is 7.67. The van der Waals surface area contributed by atoms with Crippen LogP contribution in [-0.4, -0.2) is 30.1 Å². The molecule has 2 aliphatic carbocycles.